The van der Waals surface area contributed by atoms with Gasteiger partial charge < -0.3 is 10.4 Å². The molecule has 0 aliphatic heterocycles. The number of fused-ring (bicyclic) bond motifs is 1. The molecule has 0 aromatic carbocycles. The molecule has 2 heterocycles. The Labute approximate surface area is 179 Å². The van der Waals surface area contributed by atoms with Crippen molar-refractivity contribution >= 4 is 28.1 Å². The molecule has 0 saturated carbocycles. The van der Waals surface area contributed by atoms with E-state index in [1.807, 2.05) is 25.1 Å². The molecule has 1 atom stereocenters. The molecule has 0 radical (unpaired) electrons. The van der Waals surface area contributed by atoms with Crippen molar-refractivity contribution in [3.05, 3.63) is 59.1 Å². The second kappa shape index (κ2) is 10.8. The zero-order chi connectivity index (χ0) is 22.3. The number of hydrogen-bond donors (Lipinski definition) is 2. The first-order valence-corrected chi connectivity index (χ1v) is 10.6. The molecule has 1 unspecified atom stereocenters. The minimum Gasteiger partial charge on any atom is -0.388 e. The van der Waals surface area contributed by atoms with Crippen LogP contribution in [0.25, 0.3) is 16.3 Å². The van der Waals surface area contributed by atoms with Gasteiger partial charge in [-0.25, -0.2) is 4.98 Å². The lowest BCUT2D eigenvalue weighted by molar-refractivity contribution is -0.114. The summed E-state index contributed by atoms with van der Waals surface area (Å²) < 4.78 is 0. The van der Waals surface area contributed by atoms with E-state index in [0.29, 0.717) is 5.82 Å². The third-order valence-corrected chi connectivity index (χ3v) is 5.21. The number of amides is 1. The Hall–Kier alpha value is -2.79. The normalized spacial score (nSPS) is 14.5. The smallest absolute Gasteiger partial charge is 0.222 e. The summed E-state index contributed by atoms with van der Waals surface area (Å²) in [5.74, 6) is 0.363. The molecule has 0 spiro atoms. The molecule has 0 aliphatic rings. The molecule has 1 amide bonds. The number of aliphatic hydroxyl groups excluding tert-OH is 1. The molecule has 2 rings (SSSR count). The Morgan fingerprint density at radius 3 is 2.40 bits per heavy atom. The number of aliphatic hydroxyl groups is 1. The zero-order valence-corrected chi connectivity index (χ0v) is 18.9. The molecule has 2 aromatic rings. The van der Waals surface area contributed by atoms with Gasteiger partial charge in [0.05, 0.1) is 11.8 Å². The quantitative estimate of drug-likeness (QED) is 0.540. The summed E-state index contributed by atoms with van der Waals surface area (Å²) in [6.07, 6.45) is 9.82. The van der Waals surface area contributed by atoms with E-state index in [0.717, 1.165) is 52.4 Å². The van der Waals surface area contributed by atoms with Gasteiger partial charge in [-0.1, -0.05) is 38.0 Å². The minimum atomic E-state index is -0.455. The topological polar surface area (TPSA) is 75.1 Å². The number of rotatable bonds is 8. The lowest BCUT2D eigenvalue weighted by Gasteiger charge is -2.17. The fourth-order valence-electron chi connectivity index (χ4n) is 3.46. The van der Waals surface area contributed by atoms with E-state index in [1.165, 1.54) is 12.5 Å². The highest BCUT2D eigenvalue weighted by Gasteiger charge is 2.13. The van der Waals surface area contributed by atoms with Crippen LogP contribution in [0.1, 0.15) is 66.5 Å². The fourth-order valence-corrected chi connectivity index (χ4v) is 3.46. The standard InChI is InChI=1S/C25H33N3O2/c1-7-10-24(30)22(16(4)8-2)11-17(5)21(9-3)23-12-19-15-27-25(28-18(6)29)13-20(19)14-26-23/h9,11-15,24,30H,7-8,10H2,1-6H3,(H,27,28,29)/b17-11-,21-9+,22-16-. The Kier molecular flexibility index (Phi) is 8.48. The fraction of sp³-hybridized carbons (Fsp3) is 0.400. The van der Waals surface area contributed by atoms with Gasteiger partial charge >= 0.3 is 0 Å². The van der Waals surface area contributed by atoms with E-state index in [9.17, 15) is 9.90 Å². The van der Waals surface area contributed by atoms with Crippen molar-refractivity contribution in [2.75, 3.05) is 5.32 Å². The number of nitrogens with zero attached hydrogens (tertiary/aromatic N) is 2. The van der Waals surface area contributed by atoms with Crippen LogP contribution in [0, 0.1) is 0 Å². The van der Waals surface area contributed by atoms with Crippen molar-refractivity contribution in [1.82, 2.24) is 9.97 Å². The third kappa shape index (κ3) is 5.86. The van der Waals surface area contributed by atoms with Gasteiger partial charge in [0.1, 0.15) is 5.82 Å². The van der Waals surface area contributed by atoms with E-state index in [2.05, 4.69) is 49.1 Å². The number of nitrogens with one attached hydrogen (secondary N) is 1. The molecule has 160 valence electrons. The number of anilines is 1. The molecule has 2 N–H and O–H groups in total. The molecular formula is C25H33N3O2. The first kappa shape index (κ1) is 23.5. The van der Waals surface area contributed by atoms with E-state index < -0.39 is 6.10 Å². The van der Waals surface area contributed by atoms with Crippen molar-refractivity contribution in [1.29, 1.82) is 0 Å². The van der Waals surface area contributed by atoms with E-state index >= 15 is 0 Å². The Balaban J connectivity index is 2.43. The zero-order valence-electron chi connectivity index (χ0n) is 18.9. The van der Waals surface area contributed by atoms with E-state index in [4.69, 9.17) is 0 Å². The largest absolute Gasteiger partial charge is 0.388 e. The maximum atomic E-state index is 11.3. The molecular weight excluding hydrogens is 374 g/mol. The number of allylic oxidation sites excluding steroid dienone is 4. The predicted molar refractivity (Wildman–Crippen MR) is 125 cm³/mol. The summed E-state index contributed by atoms with van der Waals surface area (Å²) in [5.41, 5.74) is 5.13. The maximum Gasteiger partial charge on any atom is 0.222 e. The molecule has 5 heteroatoms. The van der Waals surface area contributed by atoms with Gasteiger partial charge in [0.15, 0.2) is 0 Å². The number of aromatic nitrogens is 2. The summed E-state index contributed by atoms with van der Waals surface area (Å²) >= 11 is 0. The minimum absolute atomic E-state index is 0.153. The van der Waals surface area contributed by atoms with Crippen LogP contribution in [-0.2, 0) is 4.79 Å². The highest BCUT2D eigenvalue weighted by atomic mass is 16.3. The monoisotopic (exact) mass is 407 g/mol. The summed E-state index contributed by atoms with van der Waals surface area (Å²) in [6.45, 7) is 11.8. The Morgan fingerprint density at radius 1 is 1.13 bits per heavy atom. The molecule has 0 bridgehead atoms. The maximum absolute atomic E-state index is 11.3. The first-order valence-electron chi connectivity index (χ1n) is 10.6. The second-order valence-electron chi connectivity index (χ2n) is 7.59. The van der Waals surface area contributed by atoms with Gasteiger partial charge in [-0.15, -0.1) is 0 Å². The number of carbonyl (C=O) groups is 1. The average Bonchev–Trinajstić information content (AvgIpc) is 2.71. The van der Waals surface area contributed by atoms with Crippen LogP contribution in [0.4, 0.5) is 5.82 Å². The van der Waals surface area contributed by atoms with Gasteiger partial charge in [0.2, 0.25) is 5.91 Å². The molecule has 0 saturated heterocycles. The van der Waals surface area contributed by atoms with E-state index in [-0.39, 0.29) is 5.91 Å². The summed E-state index contributed by atoms with van der Waals surface area (Å²) in [6, 6.07) is 3.82. The lowest BCUT2D eigenvalue weighted by Crippen LogP contribution is -2.11. The summed E-state index contributed by atoms with van der Waals surface area (Å²) in [7, 11) is 0. The van der Waals surface area contributed by atoms with Crippen LogP contribution in [0.5, 0.6) is 0 Å². The van der Waals surface area contributed by atoms with Crippen LogP contribution in [0.15, 0.2) is 53.4 Å². The van der Waals surface area contributed by atoms with Crippen molar-refractivity contribution < 1.29 is 9.90 Å². The van der Waals surface area contributed by atoms with Crippen molar-refractivity contribution in [3.63, 3.8) is 0 Å². The van der Waals surface area contributed by atoms with Gasteiger partial charge in [-0.2, -0.15) is 0 Å². The highest BCUT2D eigenvalue weighted by Crippen LogP contribution is 2.28. The van der Waals surface area contributed by atoms with Gasteiger partial charge in [-0.05, 0) is 62.5 Å². The number of hydrogen-bond acceptors (Lipinski definition) is 4. The number of pyridine rings is 2. The van der Waals surface area contributed by atoms with E-state index in [1.54, 1.807) is 12.4 Å². The highest BCUT2D eigenvalue weighted by molar-refractivity contribution is 5.92. The average molecular weight is 408 g/mol. The Bertz CT molecular complexity index is 1000. The van der Waals surface area contributed by atoms with Gasteiger partial charge in [-0.3, -0.25) is 9.78 Å². The Morgan fingerprint density at radius 2 is 1.80 bits per heavy atom. The molecule has 5 nitrogen and oxygen atoms in total. The van der Waals surface area contributed by atoms with Gasteiger partial charge in [0, 0.05) is 30.1 Å². The van der Waals surface area contributed by atoms with Crippen LogP contribution in [0.3, 0.4) is 0 Å². The predicted octanol–water partition coefficient (Wildman–Crippen LogP) is 5.83. The first-order chi connectivity index (χ1) is 14.3. The lowest BCUT2D eigenvalue weighted by atomic mass is 9.93. The van der Waals surface area contributed by atoms with Crippen molar-refractivity contribution in [3.8, 4) is 0 Å². The molecule has 2 aromatic heterocycles. The van der Waals surface area contributed by atoms with Crippen molar-refractivity contribution in [2.45, 2.75) is 66.9 Å². The molecule has 30 heavy (non-hydrogen) atoms. The van der Waals surface area contributed by atoms with Crippen LogP contribution < -0.4 is 5.32 Å². The van der Waals surface area contributed by atoms with Crippen LogP contribution >= 0.6 is 0 Å². The molecule has 0 aliphatic carbocycles. The van der Waals surface area contributed by atoms with Crippen LogP contribution in [-0.4, -0.2) is 27.1 Å². The number of carbonyl (C=O) groups excluding carboxylic acids is 1. The SMILES string of the molecule is C\C=C(/C(C)=C\C(=C(/C)CC)C(O)CCC)c1cc2cnc(NC(C)=O)cc2cn1. The van der Waals surface area contributed by atoms with Crippen molar-refractivity contribution in [2.24, 2.45) is 0 Å². The third-order valence-electron chi connectivity index (χ3n) is 5.21. The van der Waals surface area contributed by atoms with Crippen LogP contribution in [0.2, 0.25) is 0 Å². The summed E-state index contributed by atoms with van der Waals surface area (Å²) in [4.78, 5) is 20.2. The molecule has 0 fully saturated rings. The second-order valence-corrected chi connectivity index (χ2v) is 7.59. The summed E-state index contributed by atoms with van der Waals surface area (Å²) in [5, 5.41) is 15.2. The van der Waals surface area contributed by atoms with Gasteiger partial charge in [0.25, 0.3) is 0 Å².